The van der Waals surface area contributed by atoms with E-state index in [1.54, 1.807) is 24.3 Å². The molecular formula is C21H25NO10. The van der Waals surface area contributed by atoms with Crippen molar-refractivity contribution in [2.24, 2.45) is 0 Å². The molecule has 1 N–H and O–H groups in total. The van der Waals surface area contributed by atoms with Crippen molar-refractivity contribution in [1.29, 1.82) is 0 Å². The summed E-state index contributed by atoms with van der Waals surface area (Å²) in [6, 6.07) is 8.96. The van der Waals surface area contributed by atoms with Crippen LogP contribution in [0, 0.1) is 0 Å². The largest absolute Gasteiger partial charge is 0.455 e. The van der Waals surface area contributed by atoms with E-state index in [0.29, 0.717) is 0 Å². The minimum Gasteiger partial charge on any atom is -0.455 e. The van der Waals surface area contributed by atoms with E-state index in [9.17, 15) is 24.0 Å². The molecule has 1 aliphatic rings. The highest BCUT2D eigenvalue weighted by Crippen LogP contribution is 2.30. The van der Waals surface area contributed by atoms with Gasteiger partial charge >= 0.3 is 23.9 Å². The smallest absolute Gasteiger partial charge is 0.305 e. The number of carbonyl (C=O) groups excluding carboxylic acids is 5. The molecule has 11 nitrogen and oxygen atoms in total. The number of esters is 4. The summed E-state index contributed by atoms with van der Waals surface area (Å²) in [5.74, 6) is -3.94. The monoisotopic (exact) mass is 451 g/mol. The minimum atomic E-state index is -1.60. The van der Waals surface area contributed by atoms with E-state index in [4.69, 9.17) is 23.7 Å². The van der Waals surface area contributed by atoms with Crippen LogP contribution in [-0.2, 0) is 54.2 Å². The quantitative estimate of drug-likeness (QED) is 0.456. The summed E-state index contributed by atoms with van der Waals surface area (Å²) in [6.45, 7) is 4.45. The van der Waals surface area contributed by atoms with Crippen LogP contribution in [0.1, 0.15) is 33.3 Å². The highest BCUT2D eigenvalue weighted by atomic mass is 16.7. The number of hydrogen-bond donors (Lipinski definition) is 1. The van der Waals surface area contributed by atoms with Crippen LogP contribution in [0.3, 0.4) is 0 Å². The Morgan fingerprint density at radius 2 is 1.25 bits per heavy atom. The van der Waals surface area contributed by atoms with Gasteiger partial charge in [0.05, 0.1) is 0 Å². The molecule has 32 heavy (non-hydrogen) atoms. The maximum absolute atomic E-state index is 12.9. The minimum absolute atomic E-state index is 0.121. The number of hydrogen-bond acceptors (Lipinski definition) is 10. The Bertz CT molecular complexity index is 855. The van der Waals surface area contributed by atoms with E-state index in [1.165, 1.54) is 0 Å². The summed E-state index contributed by atoms with van der Waals surface area (Å²) in [5.41, 5.74) is 0.784. The lowest BCUT2D eigenvalue weighted by Gasteiger charge is -2.43. The third-order valence-corrected chi connectivity index (χ3v) is 4.25. The van der Waals surface area contributed by atoms with E-state index < -0.39 is 60.5 Å². The molecule has 1 amide bonds. The summed E-state index contributed by atoms with van der Waals surface area (Å²) in [5, 5.41) is 2.63. The van der Waals surface area contributed by atoms with Crippen molar-refractivity contribution < 1.29 is 47.7 Å². The summed E-state index contributed by atoms with van der Waals surface area (Å²) in [6.07, 6.45) is -7.58. The fourth-order valence-electron chi connectivity index (χ4n) is 3.13. The number of benzene rings is 1. The second kappa shape index (κ2) is 11.2. The van der Waals surface area contributed by atoms with Crippen LogP contribution in [0.15, 0.2) is 30.3 Å². The molecule has 0 spiro atoms. The number of amides is 1. The molecule has 1 heterocycles. The first-order valence-corrected chi connectivity index (χ1v) is 9.74. The first kappa shape index (κ1) is 24.8. The lowest BCUT2D eigenvalue weighted by Crippen LogP contribution is -2.65. The van der Waals surface area contributed by atoms with Gasteiger partial charge in [0.15, 0.2) is 18.3 Å². The Hall–Kier alpha value is -3.47. The fraction of sp³-hybridized carbons (Fsp3) is 0.476. The third kappa shape index (κ3) is 7.05. The molecule has 0 saturated carbocycles. The molecule has 1 fully saturated rings. The van der Waals surface area contributed by atoms with Gasteiger partial charge in [-0.05, 0) is 5.56 Å². The fourth-order valence-corrected chi connectivity index (χ4v) is 3.13. The molecule has 11 heteroatoms. The number of rotatable bonds is 7. The second-order valence-electron chi connectivity index (χ2n) is 6.96. The van der Waals surface area contributed by atoms with Gasteiger partial charge in [-0.2, -0.15) is 0 Å². The molecule has 1 aliphatic heterocycles. The van der Waals surface area contributed by atoms with E-state index in [2.05, 4.69) is 5.32 Å². The van der Waals surface area contributed by atoms with Gasteiger partial charge in [-0.15, -0.1) is 0 Å². The molecule has 174 valence electrons. The van der Waals surface area contributed by atoms with Gasteiger partial charge in [-0.25, -0.2) is 0 Å². The van der Waals surface area contributed by atoms with Crippen LogP contribution in [0.2, 0.25) is 0 Å². The van der Waals surface area contributed by atoms with Crippen molar-refractivity contribution in [3.63, 3.8) is 0 Å². The maximum Gasteiger partial charge on any atom is 0.305 e. The van der Waals surface area contributed by atoms with Gasteiger partial charge in [-0.3, -0.25) is 24.0 Å². The van der Waals surface area contributed by atoms with Gasteiger partial charge in [0.2, 0.25) is 12.4 Å². The molecule has 2 rings (SSSR count). The Labute approximate surface area is 184 Å². The van der Waals surface area contributed by atoms with Crippen LogP contribution < -0.4 is 5.32 Å². The van der Waals surface area contributed by atoms with Crippen LogP contribution in [0.4, 0.5) is 0 Å². The van der Waals surface area contributed by atoms with E-state index >= 15 is 0 Å². The van der Waals surface area contributed by atoms with Gasteiger partial charge in [0.1, 0.15) is 0 Å². The highest BCUT2D eigenvalue weighted by molar-refractivity contribution is 5.82. The lowest BCUT2D eigenvalue weighted by atomic mass is 9.97. The predicted octanol–water partition coefficient (Wildman–Crippen LogP) is 0.386. The van der Waals surface area contributed by atoms with Crippen LogP contribution in [0.5, 0.6) is 0 Å². The van der Waals surface area contributed by atoms with Gasteiger partial charge in [0.25, 0.3) is 5.91 Å². The first-order chi connectivity index (χ1) is 15.1. The maximum atomic E-state index is 12.9. The standard InChI is InChI=1S/C21H25NO10/c1-11(23)28-16-17(29-12(2)24)19(30-13(3)25)21(31-14(4)26)32-18(16)20(27)22-10-15-8-6-5-7-9-15/h5-9,16-19,21H,10H2,1-4H3,(H,22,27)/t16-,17-,18-,19+,21+/m0/s1. The average molecular weight is 451 g/mol. The molecule has 0 aromatic heterocycles. The SMILES string of the molecule is CC(=O)O[C@@H]1O[C@H](C(=O)NCc2ccccc2)[C@@H](OC(C)=O)[C@H](OC(C)=O)[C@H]1OC(C)=O. The van der Waals surface area contributed by atoms with Crippen LogP contribution in [0.25, 0.3) is 0 Å². The molecular weight excluding hydrogens is 426 g/mol. The zero-order chi connectivity index (χ0) is 23.8. The number of carbonyl (C=O) groups is 5. The molecule has 0 bridgehead atoms. The van der Waals surface area contributed by atoms with E-state index in [1.807, 2.05) is 6.07 Å². The summed E-state index contributed by atoms with van der Waals surface area (Å²) in [4.78, 5) is 59.6. The Kier molecular flexibility index (Phi) is 8.71. The van der Waals surface area contributed by atoms with Crippen LogP contribution >= 0.6 is 0 Å². The van der Waals surface area contributed by atoms with E-state index in [-0.39, 0.29) is 6.54 Å². The average Bonchev–Trinajstić information content (AvgIpc) is 2.69. The van der Waals surface area contributed by atoms with E-state index in [0.717, 1.165) is 33.3 Å². The molecule has 0 radical (unpaired) electrons. The van der Waals surface area contributed by atoms with Crippen molar-refractivity contribution >= 4 is 29.8 Å². The van der Waals surface area contributed by atoms with Gasteiger partial charge in [-0.1, -0.05) is 30.3 Å². The van der Waals surface area contributed by atoms with Crippen molar-refractivity contribution in [3.8, 4) is 0 Å². The molecule has 1 saturated heterocycles. The van der Waals surface area contributed by atoms with Crippen molar-refractivity contribution in [2.75, 3.05) is 0 Å². The molecule has 1 aromatic carbocycles. The van der Waals surface area contributed by atoms with Crippen molar-refractivity contribution in [1.82, 2.24) is 5.32 Å². The van der Waals surface area contributed by atoms with Crippen molar-refractivity contribution in [3.05, 3.63) is 35.9 Å². The molecule has 0 unspecified atom stereocenters. The summed E-state index contributed by atoms with van der Waals surface area (Å²) < 4.78 is 26.2. The number of ether oxygens (including phenoxy) is 5. The molecule has 0 aliphatic carbocycles. The van der Waals surface area contributed by atoms with Gasteiger partial charge in [0, 0.05) is 34.2 Å². The number of nitrogens with one attached hydrogen (secondary N) is 1. The second-order valence-corrected chi connectivity index (χ2v) is 6.96. The van der Waals surface area contributed by atoms with Gasteiger partial charge < -0.3 is 29.0 Å². The first-order valence-electron chi connectivity index (χ1n) is 9.74. The molecule has 1 aromatic rings. The summed E-state index contributed by atoms with van der Waals surface area (Å²) in [7, 11) is 0. The zero-order valence-electron chi connectivity index (χ0n) is 18.1. The highest BCUT2D eigenvalue weighted by Gasteiger charge is 2.55. The topological polar surface area (TPSA) is 144 Å². The predicted molar refractivity (Wildman–Crippen MR) is 105 cm³/mol. The lowest BCUT2D eigenvalue weighted by molar-refractivity contribution is -0.290. The Morgan fingerprint density at radius 3 is 1.78 bits per heavy atom. The van der Waals surface area contributed by atoms with Crippen LogP contribution in [-0.4, -0.2) is 60.5 Å². The zero-order valence-corrected chi connectivity index (χ0v) is 18.1. The molecule has 5 atom stereocenters. The normalized spacial score (nSPS) is 24.6. The van der Waals surface area contributed by atoms with Crippen molar-refractivity contribution in [2.45, 2.75) is 64.9 Å². The Balaban J connectivity index is 2.38. The third-order valence-electron chi connectivity index (χ3n) is 4.25. The summed E-state index contributed by atoms with van der Waals surface area (Å²) >= 11 is 0. The Morgan fingerprint density at radius 1 is 0.750 bits per heavy atom.